The van der Waals surface area contributed by atoms with Gasteiger partial charge in [-0.3, -0.25) is 0 Å². The highest BCUT2D eigenvalue weighted by molar-refractivity contribution is 6.71. The van der Waals surface area contributed by atoms with Crippen LogP contribution in [-0.4, -0.2) is 18.3 Å². The molecule has 2 nitrogen and oxygen atoms in total. The van der Waals surface area contributed by atoms with E-state index in [0.717, 1.165) is 28.6 Å². The third kappa shape index (κ3) is 3.88. The van der Waals surface area contributed by atoms with Crippen molar-refractivity contribution in [1.29, 1.82) is 0 Å². The van der Waals surface area contributed by atoms with E-state index in [1.165, 1.54) is 17.7 Å². The number of aryl methyl sites for hydroxylation is 1. The molecular formula is C23H28BFO2. The number of hydrogen-bond acceptors (Lipinski definition) is 2. The highest BCUT2D eigenvalue weighted by Crippen LogP contribution is 2.43. The maximum absolute atomic E-state index is 13.5. The highest BCUT2D eigenvalue weighted by atomic mass is 19.1. The lowest BCUT2D eigenvalue weighted by Crippen LogP contribution is -2.41. The minimum Gasteiger partial charge on any atom is -0.399 e. The standard InChI is InChI=1S/C23H28BFO2/c1-7-20(17-10-8-16(2)9-11-17)21(18-12-14-19(25)15-13-18)24-26-22(3,4)23(5,6)27-24/h8-15H,7H2,1-6H3/b21-20-. The Morgan fingerprint density at radius 2 is 1.33 bits per heavy atom. The molecule has 0 amide bonds. The minimum atomic E-state index is -0.503. The Morgan fingerprint density at radius 1 is 0.852 bits per heavy atom. The van der Waals surface area contributed by atoms with Gasteiger partial charge in [0.15, 0.2) is 0 Å². The summed E-state index contributed by atoms with van der Waals surface area (Å²) in [6.45, 7) is 12.4. The van der Waals surface area contributed by atoms with Crippen LogP contribution in [0.25, 0.3) is 11.0 Å². The average Bonchev–Trinajstić information content (AvgIpc) is 2.82. The van der Waals surface area contributed by atoms with Crippen molar-refractivity contribution < 1.29 is 13.7 Å². The maximum Gasteiger partial charge on any atom is 0.495 e. The van der Waals surface area contributed by atoms with E-state index in [1.807, 2.05) is 27.7 Å². The Bertz CT molecular complexity index is 820. The summed E-state index contributed by atoms with van der Waals surface area (Å²) in [5, 5.41) is 0. The number of hydrogen-bond donors (Lipinski definition) is 0. The van der Waals surface area contributed by atoms with Crippen LogP contribution < -0.4 is 0 Å². The monoisotopic (exact) mass is 366 g/mol. The summed E-state index contributed by atoms with van der Waals surface area (Å²) >= 11 is 0. The Hall–Kier alpha value is -1.91. The first kappa shape index (κ1) is 19.8. The fourth-order valence-electron chi connectivity index (χ4n) is 3.35. The molecule has 0 N–H and O–H groups in total. The van der Waals surface area contributed by atoms with Crippen molar-refractivity contribution in [2.45, 2.75) is 59.2 Å². The van der Waals surface area contributed by atoms with E-state index in [-0.39, 0.29) is 5.82 Å². The molecule has 0 spiro atoms. The molecule has 1 heterocycles. The Balaban J connectivity index is 2.18. The quantitative estimate of drug-likeness (QED) is 0.482. The first-order valence-electron chi connectivity index (χ1n) is 9.56. The molecule has 27 heavy (non-hydrogen) atoms. The molecule has 0 bridgehead atoms. The molecule has 2 aromatic rings. The predicted octanol–water partition coefficient (Wildman–Crippen LogP) is 6.09. The van der Waals surface area contributed by atoms with Crippen LogP contribution in [-0.2, 0) is 9.31 Å². The van der Waals surface area contributed by atoms with Gasteiger partial charge in [0, 0.05) is 0 Å². The molecule has 4 heteroatoms. The zero-order valence-corrected chi connectivity index (χ0v) is 17.1. The predicted molar refractivity (Wildman–Crippen MR) is 111 cm³/mol. The Labute approximate surface area is 162 Å². The summed E-state index contributed by atoms with van der Waals surface area (Å²) in [6, 6.07) is 15.1. The maximum atomic E-state index is 13.5. The van der Waals surface area contributed by atoms with Crippen LogP contribution in [0, 0.1) is 12.7 Å². The van der Waals surface area contributed by atoms with Gasteiger partial charge >= 0.3 is 7.12 Å². The largest absolute Gasteiger partial charge is 0.495 e. The molecule has 1 fully saturated rings. The SMILES string of the molecule is CC/C(=C(/B1OC(C)(C)C(C)(C)O1)c1ccc(F)cc1)c1ccc(C)cc1. The molecule has 0 aromatic heterocycles. The van der Waals surface area contributed by atoms with Crippen LogP contribution in [0.1, 0.15) is 57.7 Å². The van der Waals surface area contributed by atoms with Gasteiger partial charge in [-0.25, -0.2) is 4.39 Å². The molecule has 0 saturated carbocycles. The highest BCUT2D eigenvalue weighted by Gasteiger charge is 2.53. The number of rotatable bonds is 4. The molecule has 1 saturated heterocycles. The minimum absolute atomic E-state index is 0.250. The van der Waals surface area contributed by atoms with Crippen molar-refractivity contribution in [3.05, 3.63) is 71.0 Å². The van der Waals surface area contributed by atoms with Gasteiger partial charge in [0.1, 0.15) is 5.82 Å². The van der Waals surface area contributed by atoms with Gasteiger partial charge in [-0.2, -0.15) is 0 Å². The molecule has 3 rings (SSSR count). The fourth-order valence-corrected chi connectivity index (χ4v) is 3.35. The first-order valence-corrected chi connectivity index (χ1v) is 9.56. The summed E-state index contributed by atoms with van der Waals surface area (Å²) in [6.07, 6.45) is 0.819. The van der Waals surface area contributed by atoms with E-state index < -0.39 is 18.3 Å². The van der Waals surface area contributed by atoms with E-state index in [9.17, 15) is 4.39 Å². The van der Waals surface area contributed by atoms with E-state index in [2.05, 4.69) is 38.1 Å². The summed E-state index contributed by atoms with van der Waals surface area (Å²) in [5.74, 6) is -0.250. The molecule has 2 aromatic carbocycles. The van der Waals surface area contributed by atoms with Crippen molar-refractivity contribution in [2.75, 3.05) is 0 Å². The van der Waals surface area contributed by atoms with Gasteiger partial charge in [-0.15, -0.1) is 0 Å². The summed E-state index contributed by atoms with van der Waals surface area (Å²) in [5.41, 5.74) is 4.53. The normalized spacial score (nSPS) is 19.1. The van der Waals surface area contributed by atoms with E-state index in [4.69, 9.17) is 9.31 Å². The van der Waals surface area contributed by atoms with Gasteiger partial charge in [0.25, 0.3) is 0 Å². The molecule has 0 aliphatic carbocycles. The van der Waals surface area contributed by atoms with Crippen LogP contribution in [0.4, 0.5) is 4.39 Å². The van der Waals surface area contributed by atoms with Gasteiger partial charge in [0.05, 0.1) is 11.2 Å². The number of allylic oxidation sites excluding steroid dienone is 1. The molecule has 0 unspecified atom stereocenters. The zero-order valence-electron chi connectivity index (χ0n) is 17.1. The van der Waals surface area contributed by atoms with Crippen LogP contribution >= 0.6 is 0 Å². The van der Waals surface area contributed by atoms with Crippen molar-refractivity contribution in [1.82, 2.24) is 0 Å². The third-order valence-corrected chi connectivity index (χ3v) is 5.72. The lowest BCUT2D eigenvalue weighted by atomic mass is 9.69. The van der Waals surface area contributed by atoms with E-state index >= 15 is 0 Å². The Morgan fingerprint density at radius 3 is 1.81 bits per heavy atom. The van der Waals surface area contributed by atoms with E-state index in [0.29, 0.717) is 0 Å². The molecule has 1 aliphatic heterocycles. The molecule has 0 radical (unpaired) electrons. The fraction of sp³-hybridized carbons (Fsp3) is 0.391. The summed E-state index contributed by atoms with van der Waals surface area (Å²) < 4.78 is 26.3. The van der Waals surface area contributed by atoms with E-state index in [1.54, 1.807) is 12.1 Å². The van der Waals surface area contributed by atoms with Gasteiger partial charge in [-0.05, 0) is 75.3 Å². The van der Waals surface area contributed by atoms with Crippen molar-refractivity contribution in [2.24, 2.45) is 0 Å². The molecule has 1 aliphatic rings. The second-order valence-electron chi connectivity index (χ2n) is 8.21. The first-order chi connectivity index (χ1) is 12.6. The number of benzene rings is 2. The summed E-state index contributed by atoms with van der Waals surface area (Å²) in [7, 11) is -0.503. The molecular weight excluding hydrogens is 338 g/mol. The second kappa shape index (κ2) is 7.25. The Kier molecular flexibility index (Phi) is 5.33. The lowest BCUT2D eigenvalue weighted by Gasteiger charge is -2.32. The van der Waals surface area contributed by atoms with Crippen LogP contribution in [0.2, 0.25) is 0 Å². The average molecular weight is 366 g/mol. The van der Waals surface area contributed by atoms with Crippen LogP contribution in [0.5, 0.6) is 0 Å². The number of halogens is 1. The van der Waals surface area contributed by atoms with Crippen LogP contribution in [0.3, 0.4) is 0 Å². The summed E-state index contributed by atoms with van der Waals surface area (Å²) in [4.78, 5) is 0. The van der Waals surface area contributed by atoms with Crippen molar-refractivity contribution in [3.8, 4) is 0 Å². The topological polar surface area (TPSA) is 18.5 Å². The van der Waals surface area contributed by atoms with Gasteiger partial charge < -0.3 is 9.31 Å². The third-order valence-electron chi connectivity index (χ3n) is 5.72. The van der Waals surface area contributed by atoms with Crippen molar-refractivity contribution in [3.63, 3.8) is 0 Å². The van der Waals surface area contributed by atoms with Gasteiger partial charge in [0.2, 0.25) is 0 Å². The smallest absolute Gasteiger partial charge is 0.399 e. The molecule has 142 valence electrons. The van der Waals surface area contributed by atoms with Gasteiger partial charge in [-0.1, -0.05) is 48.9 Å². The lowest BCUT2D eigenvalue weighted by molar-refractivity contribution is 0.00578. The van der Waals surface area contributed by atoms with Crippen LogP contribution in [0.15, 0.2) is 48.5 Å². The zero-order chi connectivity index (χ0) is 19.8. The molecule has 0 atom stereocenters. The van der Waals surface area contributed by atoms with Crippen molar-refractivity contribution >= 4 is 18.2 Å². The second-order valence-corrected chi connectivity index (χ2v) is 8.21.